The summed E-state index contributed by atoms with van der Waals surface area (Å²) >= 11 is 0. The molecule has 1 N–H and O–H groups in total. The largest absolute Gasteiger partial charge is 0.466 e. The molecule has 90 valence electrons. The van der Waals surface area contributed by atoms with E-state index in [1.165, 1.54) is 6.07 Å². The molecule has 0 fully saturated rings. The Hall–Kier alpha value is -2.11. The molecule has 0 aromatic carbocycles. The van der Waals surface area contributed by atoms with Crippen LogP contribution in [-0.2, 0) is 16.0 Å². The zero-order valence-corrected chi connectivity index (χ0v) is 9.57. The fourth-order valence-corrected chi connectivity index (χ4v) is 1.70. The van der Waals surface area contributed by atoms with Crippen molar-refractivity contribution in [1.29, 1.82) is 0 Å². The highest BCUT2D eigenvalue weighted by atomic mass is 16.5. The Morgan fingerprint density at radius 1 is 1.59 bits per heavy atom. The van der Waals surface area contributed by atoms with Gasteiger partial charge in [0.2, 0.25) is 5.71 Å². The lowest BCUT2D eigenvalue weighted by molar-refractivity contribution is -0.142. The van der Waals surface area contributed by atoms with Crippen LogP contribution < -0.4 is 5.63 Å². The van der Waals surface area contributed by atoms with Gasteiger partial charge in [-0.15, -0.1) is 5.10 Å². The number of hydrogen-bond acceptors (Lipinski definition) is 5. The fraction of sp³-hybridized carbons (Fsp3) is 0.364. The summed E-state index contributed by atoms with van der Waals surface area (Å²) in [5.74, 6) is -0.344. The number of rotatable bonds is 3. The molecule has 6 heteroatoms. The first-order valence-electron chi connectivity index (χ1n) is 5.25. The Morgan fingerprint density at radius 3 is 3.06 bits per heavy atom. The van der Waals surface area contributed by atoms with Crippen LogP contribution >= 0.6 is 0 Å². The van der Waals surface area contributed by atoms with Gasteiger partial charge < -0.3 is 9.15 Å². The number of nitrogens with zero attached hydrogens (tertiary/aromatic N) is 1. The molecule has 0 spiro atoms. The van der Waals surface area contributed by atoms with Crippen molar-refractivity contribution < 1.29 is 13.9 Å². The van der Waals surface area contributed by atoms with Crippen molar-refractivity contribution in [3.8, 4) is 0 Å². The number of nitrogens with one attached hydrogen (secondary N) is 1. The fourth-order valence-electron chi connectivity index (χ4n) is 1.70. The summed E-state index contributed by atoms with van der Waals surface area (Å²) < 4.78 is 9.76. The van der Waals surface area contributed by atoms with Crippen LogP contribution in [-0.4, -0.2) is 22.8 Å². The van der Waals surface area contributed by atoms with E-state index in [4.69, 9.17) is 9.15 Å². The monoisotopic (exact) mass is 236 g/mol. The first-order valence-corrected chi connectivity index (χ1v) is 5.25. The number of carbonyl (C=O) groups excluding carboxylic acids is 1. The Bertz CT molecular complexity index is 611. The molecule has 2 aromatic rings. The Labute approximate surface area is 96.6 Å². The molecule has 2 rings (SSSR count). The van der Waals surface area contributed by atoms with Crippen molar-refractivity contribution in [2.45, 2.75) is 20.3 Å². The number of H-pyrrole nitrogens is 1. The van der Waals surface area contributed by atoms with E-state index in [1.54, 1.807) is 13.8 Å². The minimum Gasteiger partial charge on any atom is -0.466 e. The summed E-state index contributed by atoms with van der Waals surface area (Å²) in [5, 5.41) is 7.21. The highest BCUT2D eigenvalue weighted by Gasteiger charge is 2.14. The zero-order chi connectivity index (χ0) is 12.4. The molecular weight excluding hydrogens is 224 g/mol. The van der Waals surface area contributed by atoms with Crippen LogP contribution in [0.3, 0.4) is 0 Å². The third kappa shape index (κ3) is 2.20. The van der Waals surface area contributed by atoms with E-state index in [-0.39, 0.29) is 18.1 Å². The second kappa shape index (κ2) is 4.40. The van der Waals surface area contributed by atoms with Crippen molar-refractivity contribution in [1.82, 2.24) is 10.2 Å². The van der Waals surface area contributed by atoms with Crippen molar-refractivity contribution in [3.05, 3.63) is 27.7 Å². The molecule has 0 bridgehead atoms. The number of aryl methyl sites for hydroxylation is 1. The van der Waals surface area contributed by atoms with Crippen molar-refractivity contribution in [2.24, 2.45) is 0 Å². The number of esters is 1. The van der Waals surface area contributed by atoms with Crippen LogP contribution in [0.2, 0.25) is 0 Å². The van der Waals surface area contributed by atoms with Crippen LogP contribution in [0.15, 0.2) is 15.3 Å². The van der Waals surface area contributed by atoms with E-state index in [2.05, 4.69) is 10.2 Å². The van der Waals surface area contributed by atoms with Gasteiger partial charge >= 0.3 is 11.6 Å². The number of aromatic nitrogens is 2. The highest BCUT2D eigenvalue weighted by molar-refractivity contribution is 5.84. The van der Waals surface area contributed by atoms with Gasteiger partial charge in [-0.2, -0.15) is 0 Å². The van der Waals surface area contributed by atoms with Crippen LogP contribution in [0.25, 0.3) is 11.1 Å². The Balaban J connectivity index is 2.42. The van der Waals surface area contributed by atoms with Gasteiger partial charge in [-0.1, -0.05) is 0 Å². The van der Waals surface area contributed by atoms with Crippen molar-refractivity contribution in [2.75, 3.05) is 6.61 Å². The molecule has 17 heavy (non-hydrogen) atoms. The lowest BCUT2D eigenvalue weighted by atomic mass is 10.1. The van der Waals surface area contributed by atoms with E-state index >= 15 is 0 Å². The maximum Gasteiger partial charge on any atom is 0.337 e. The lowest BCUT2D eigenvalue weighted by Gasteiger charge is -2.00. The Morgan fingerprint density at radius 2 is 2.35 bits per heavy atom. The quantitative estimate of drug-likeness (QED) is 0.801. The lowest BCUT2D eigenvalue weighted by Crippen LogP contribution is -2.08. The second-order valence-electron chi connectivity index (χ2n) is 3.61. The summed E-state index contributed by atoms with van der Waals surface area (Å²) in [5.41, 5.74) is 1.09. The molecule has 0 aliphatic carbocycles. The van der Waals surface area contributed by atoms with Crippen molar-refractivity contribution >= 4 is 17.1 Å². The summed E-state index contributed by atoms with van der Waals surface area (Å²) in [6.45, 7) is 3.84. The summed E-state index contributed by atoms with van der Waals surface area (Å²) in [7, 11) is 0. The molecule has 0 radical (unpaired) electrons. The van der Waals surface area contributed by atoms with E-state index < -0.39 is 5.63 Å². The van der Waals surface area contributed by atoms with Gasteiger partial charge in [0, 0.05) is 6.07 Å². The van der Waals surface area contributed by atoms with Gasteiger partial charge in [-0.05, 0) is 19.4 Å². The number of carbonyl (C=O) groups is 1. The number of ether oxygens (including phenoxy) is 1. The molecule has 0 atom stereocenters. The first-order chi connectivity index (χ1) is 8.11. The molecule has 0 unspecified atom stereocenters. The average Bonchev–Trinajstić information content (AvgIpc) is 2.61. The minimum atomic E-state index is -0.454. The van der Waals surface area contributed by atoms with Crippen LogP contribution in [0.1, 0.15) is 18.2 Å². The van der Waals surface area contributed by atoms with Gasteiger partial charge in [0.25, 0.3) is 0 Å². The van der Waals surface area contributed by atoms with Crippen LogP contribution in [0.5, 0.6) is 0 Å². The van der Waals surface area contributed by atoms with Gasteiger partial charge in [0.1, 0.15) is 0 Å². The summed E-state index contributed by atoms with van der Waals surface area (Å²) in [4.78, 5) is 22.5. The van der Waals surface area contributed by atoms with Crippen LogP contribution in [0, 0.1) is 6.92 Å². The molecule has 0 amide bonds. The highest BCUT2D eigenvalue weighted by Crippen LogP contribution is 2.18. The minimum absolute atomic E-state index is 0.0822. The van der Waals surface area contributed by atoms with Crippen LogP contribution in [0.4, 0.5) is 0 Å². The summed E-state index contributed by atoms with van der Waals surface area (Å²) in [6.07, 6.45) is 0.0822. The molecule has 0 saturated carbocycles. The number of aromatic amines is 1. The third-order valence-electron chi connectivity index (χ3n) is 2.36. The van der Waals surface area contributed by atoms with Gasteiger partial charge in [-0.25, -0.2) is 4.79 Å². The number of hydrogen-bond donors (Lipinski definition) is 1. The molecule has 0 aliphatic heterocycles. The van der Waals surface area contributed by atoms with E-state index in [9.17, 15) is 9.59 Å². The van der Waals surface area contributed by atoms with Gasteiger partial charge in [0.05, 0.1) is 24.1 Å². The molecule has 6 nitrogen and oxygen atoms in total. The number of fused-ring (bicyclic) bond motifs is 1. The molecule has 0 aliphatic rings. The maximum atomic E-state index is 11.4. The normalized spacial score (nSPS) is 10.7. The second-order valence-corrected chi connectivity index (χ2v) is 3.61. The van der Waals surface area contributed by atoms with Crippen molar-refractivity contribution in [3.63, 3.8) is 0 Å². The topological polar surface area (TPSA) is 85.2 Å². The summed E-state index contributed by atoms with van der Waals surface area (Å²) in [6, 6.07) is 1.37. The van der Waals surface area contributed by atoms with E-state index in [1.807, 2.05) is 0 Å². The predicted molar refractivity (Wildman–Crippen MR) is 59.7 cm³/mol. The SMILES string of the molecule is CCOC(=O)Cc1[nH]nc2oc(=O)cc(C)c12. The third-order valence-corrected chi connectivity index (χ3v) is 2.36. The molecule has 2 aromatic heterocycles. The molecule has 2 heterocycles. The smallest absolute Gasteiger partial charge is 0.337 e. The van der Waals surface area contributed by atoms with E-state index in [0.717, 1.165) is 5.56 Å². The molecule has 0 saturated heterocycles. The Kier molecular flexibility index (Phi) is 2.95. The van der Waals surface area contributed by atoms with Gasteiger partial charge in [0.15, 0.2) is 0 Å². The predicted octanol–water partition coefficient (Wildman–Crippen LogP) is 0.930. The standard InChI is InChI=1S/C11H12N2O4/c1-3-16-8(14)5-7-10-6(2)4-9(15)17-11(10)13-12-7/h4H,3,5H2,1-2H3,(H,12,13). The zero-order valence-electron chi connectivity index (χ0n) is 9.57. The average molecular weight is 236 g/mol. The molecular formula is C11H12N2O4. The van der Waals surface area contributed by atoms with Gasteiger partial charge in [-0.3, -0.25) is 9.89 Å². The first kappa shape index (κ1) is 11.4. The van der Waals surface area contributed by atoms with E-state index in [0.29, 0.717) is 17.7 Å². The maximum absolute atomic E-state index is 11.4.